The minimum absolute atomic E-state index is 0.0160. The molecular formula is C14H17NO4. The zero-order chi connectivity index (χ0) is 13.8. The van der Waals surface area contributed by atoms with Crippen molar-refractivity contribution in [3.8, 4) is 5.75 Å². The lowest BCUT2D eigenvalue weighted by Crippen LogP contribution is -2.11. The van der Waals surface area contributed by atoms with Gasteiger partial charge in [0.25, 0.3) is 0 Å². The molecule has 5 nitrogen and oxygen atoms in total. The number of carbonyl (C=O) groups excluding carboxylic acids is 1. The molecule has 0 bridgehead atoms. The van der Waals surface area contributed by atoms with Crippen LogP contribution in [-0.4, -0.2) is 17.3 Å². The third kappa shape index (κ3) is 3.30. The highest BCUT2D eigenvalue weighted by Crippen LogP contribution is 2.29. The molecule has 1 aliphatic rings. The Hall–Kier alpha value is -1.91. The van der Waals surface area contributed by atoms with Crippen LogP contribution >= 0.6 is 0 Å². The summed E-state index contributed by atoms with van der Waals surface area (Å²) < 4.78 is 5.47. The summed E-state index contributed by atoms with van der Waals surface area (Å²) >= 11 is 0. The molecule has 0 saturated heterocycles. The number of Topliss-reactive ketones (excluding diaryl/α,β-unsaturated/α-hetero) is 1. The van der Waals surface area contributed by atoms with Crippen LogP contribution in [0.25, 0.3) is 0 Å². The molecule has 1 saturated carbocycles. The minimum Gasteiger partial charge on any atom is -0.487 e. The van der Waals surface area contributed by atoms with Crippen molar-refractivity contribution < 1.29 is 14.5 Å². The van der Waals surface area contributed by atoms with E-state index in [9.17, 15) is 14.9 Å². The summed E-state index contributed by atoms with van der Waals surface area (Å²) in [6.45, 7) is 2.15. The number of nitro groups is 1. The summed E-state index contributed by atoms with van der Waals surface area (Å²) in [7, 11) is 0. The van der Waals surface area contributed by atoms with Crippen LogP contribution in [0.4, 0.5) is 5.69 Å². The van der Waals surface area contributed by atoms with Gasteiger partial charge in [-0.3, -0.25) is 14.9 Å². The predicted molar refractivity (Wildman–Crippen MR) is 70.3 cm³/mol. The van der Waals surface area contributed by atoms with Crippen LogP contribution in [-0.2, 0) is 4.79 Å². The first kappa shape index (κ1) is 13.5. The van der Waals surface area contributed by atoms with Gasteiger partial charge in [-0.25, -0.2) is 0 Å². The molecule has 1 aromatic rings. The maximum atomic E-state index is 11.5. The number of aryl methyl sites for hydroxylation is 1. The molecule has 0 aromatic heterocycles. The van der Waals surface area contributed by atoms with Crippen LogP contribution in [0, 0.1) is 23.0 Å². The smallest absolute Gasteiger partial charge is 0.311 e. The second kappa shape index (κ2) is 5.82. The molecule has 0 spiro atoms. The Bertz CT molecular complexity index is 498. The molecule has 19 heavy (non-hydrogen) atoms. The van der Waals surface area contributed by atoms with Gasteiger partial charge in [-0.2, -0.15) is 0 Å². The summed E-state index contributed by atoms with van der Waals surface area (Å²) in [5.41, 5.74) is 0.808. The molecule has 0 heterocycles. The zero-order valence-electron chi connectivity index (χ0n) is 10.9. The zero-order valence-corrected chi connectivity index (χ0v) is 10.9. The Morgan fingerprint density at radius 2 is 2.26 bits per heavy atom. The number of hydrogen-bond acceptors (Lipinski definition) is 4. The molecular weight excluding hydrogens is 246 g/mol. The van der Waals surface area contributed by atoms with E-state index in [1.54, 1.807) is 19.1 Å². The van der Waals surface area contributed by atoms with Gasteiger partial charge in [0.1, 0.15) is 5.78 Å². The Kier molecular flexibility index (Phi) is 4.14. The first-order chi connectivity index (χ1) is 9.08. The second-order valence-corrected chi connectivity index (χ2v) is 4.92. The van der Waals surface area contributed by atoms with Crippen molar-refractivity contribution in [3.05, 3.63) is 33.9 Å². The van der Waals surface area contributed by atoms with Gasteiger partial charge >= 0.3 is 5.69 Å². The van der Waals surface area contributed by atoms with Gasteiger partial charge in [-0.1, -0.05) is 6.07 Å². The largest absolute Gasteiger partial charge is 0.487 e. The van der Waals surface area contributed by atoms with Crippen molar-refractivity contribution in [3.63, 3.8) is 0 Å². The number of hydrogen-bond donors (Lipinski definition) is 0. The average molecular weight is 263 g/mol. The van der Waals surface area contributed by atoms with E-state index in [1.165, 1.54) is 6.07 Å². The van der Waals surface area contributed by atoms with Crippen molar-refractivity contribution in [2.75, 3.05) is 6.61 Å². The number of carbonyl (C=O) groups is 1. The SMILES string of the molecule is Cc1ccc(OCCC2CCCC2=O)c([N+](=O)[O-])c1. The molecule has 102 valence electrons. The number of benzene rings is 1. The van der Waals surface area contributed by atoms with E-state index in [0.29, 0.717) is 25.2 Å². The molecule has 2 rings (SSSR count). The Labute approximate surface area is 111 Å². The molecule has 1 fully saturated rings. The van der Waals surface area contributed by atoms with E-state index in [4.69, 9.17) is 4.74 Å². The maximum absolute atomic E-state index is 11.5. The molecule has 1 aliphatic carbocycles. The molecule has 0 radical (unpaired) electrons. The van der Waals surface area contributed by atoms with Crippen molar-refractivity contribution in [2.45, 2.75) is 32.6 Å². The third-order valence-corrected chi connectivity index (χ3v) is 3.47. The van der Waals surface area contributed by atoms with Crippen molar-refractivity contribution in [1.29, 1.82) is 0 Å². The standard InChI is InChI=1S/C14H17NO4/c1-10-5-6-14(12(9-10)15(17)18)19-8-7-11-3-2-4-13(11)16/h5-6,9,11H,2-4,7-8H2,1H3. The van der Waals surface area contributed by atoms with Gasteiger partial charge < -0.3 is 4.74 Å². The lowest BCUT2D eigenvalue weighted by Gasteiger charge is -2.10. The van der Waals surface area contributed by atoms with Crippen molar-refractivity contribution in [1.82, 2.24) is 0 Å². The molecule has 1 atom stereocenters. The Morgan fingerprint density at radius 3 is 2.89 bits per heavy atom. The minimum atomic E-state index is -0.441. The van der Waals surface area contributed by atoms with Gasteiger partial charge in [-0.05, 0) is 37.8 Å². The van der Waals surface area contributed by atoms with E-state index >= 15 is 0 Å². The van der Waals surface area contributed by atoms with Gasteiger partial charge in [0.2, 0.25) is 0 Å². The van der Waals surface area contributed by atoms with E-state index in [0.717, 1.165) is 18.4 Å². The number of nitro benzene ring substituents is 1. The molecule has 1 unspecified atom stereocenters. The van der Waals surface area contributed by atoms with Crippen LogP contribution in [0.2, 0.25) is 0 Å². The number of rotatable bonds is 5. The van der Waals surface area contributed by atoms with E-state index in [-0.39, 0.29) is 17.4 Å². The summed E-state index contributed by atoms with van der Waals surface area (Å²) in [4.78, 5) is 21.9. The fourth-order valence-electron chi connectivity index (χ4n) is 2.40. The van der Waals surface area contributed by atoms with Gasteiger partial charge in [0, 0.05) is 18.4 Å². The first-order valence-corrected chi connectivity index (χ1v) is 6.48. The fraction of sp³-hybridized carbons (Fsp3) is 0.500. The molecule has 0 amide bonds. The average Bonchev–Trinajstić information content (AvgIpc) is 2.77. The fourth-order valence-corrected chi connectivity index (χ4v) is 2.40. The molecule has 5 heteroatoms. The highest BCUT2D eigenvalue weighted by Gasteiger charge is 2.24. The molecule has 1 aromatic carbocycles. The molecule has 0 aliphatic heterocycles. The third-order valence-electron chi connectivity index (χ3n) is 3.47. The normalized spacial score (nSPS) is 18.6. The number of ether oxygens (including phenoxy) is 1. The summed E-state index contributed by atoms with van der Waals surface area (Å²) in [6, 6.07) is 4.89. The summed E-state index contributed by atoms with van der Waals surface area (Å²) in [6.07, 6.45) is 3.17. The highest BCUT2D eigenvalue weighted by molar-refractivity contribution is 5.82. The van der Waals surface area contributed by atoms with Crippen LogP contribution in [0.15, 0.2) is 18.2 Å². The second-order valence-electron chi connectivity index (χ2n) is 4.92. The monoisotopic (exact) mass is 263 g/mol. The van der Waals surface area contributed by atoms with Crippen LogP contribution in [0.1, 0.15) is 31.2 Å². The van der Waals surface area contributed by atoms with Crippen LogP contribution < -0.4 is 4.74 Å². The van der Waals surface area contributed by atoms with Gasteiger partial charge in [-0.15, -0.1) is 0 Å². The van der Waals surface area contributed by atoms with E-state index < -0.39 is 4.92 Å². The quantitative estimate of drug-likeness (QED) is 0.604. The Balaban J connectivity index is 1.95. The summed E-state index contributed by atoms with van der Waals surface area (Å²) in [5.74, 6) is 0.646. The first-order valence-electron chi connectivity index (χ1n) is 6.48. The summed E-state index contributed by atoms with van der Waals surface area (Å²) in [5, 5.41) is 10.9. The Morgan fingerprint density at radius 1 is 1.47 bits per heavy atom. The predicted octanol–water partition coefficient (Wildman–Crippen LogP) is 3.04. The van der Waals surface area contributed by atoms with Crippen molar-refractivity contribution >= 4 is 11.5 Å². The maximum Gasteiger partial charge on any atom is 0.311 e. The number of nitrogens with zero attached hydrogens (tertiary/aromatic N) is 1. The lowest BCUT2D eigenvalue weighted by molar-refractivity contribution is -0.385. The highest BCUT2D eigenvalue weighted by atomic mass is 16.6. The lowest BCUT2D eigenvalue weighted by atomic mass is 10.0. The van der Waals surface area contributed by atoms with Crippen LogP contribution in [0.5, 0.6) is 5.75 Å². The van der Waals surface area contributed by atoms with Gasteiger partial charge in [0.05, 0.1) is 11.5 Å². The van der Waals surface area contributed by atoms with E-state index in [1.807, 2.05) is 0 Å². The topological polar surface area (TPSA) is 69.4 Å². The number of ketones is 1. The van der Waals surface area contributed by atoms with Gasteiger partial charge in [0.15, 0.2) is 5.75 Å². The van der Waals surface area contributed by atoms with Crippen LogP contribution in [0.3, 0.4) is 0 Å². The van der Waals surface area contributed by atoms with Crippen molar-refractivity contribution in [2.24, 2.45) is 5.92 Å². The molecule has 0 N–H and O–H groups in total. The van der Waals surface area contributed by atoms with E-state index in [2.05, 4.69) is 0 Å².